The molecule has 5 nitrogen and oxygen atoms in total. The first kappa shape index (κ1) is 24.4. The number of carbonyl (C=O) groups is 1. The maximum Gasteiger partial charge on any atom is 0.325 e. The highest BCUT2D eigenvalue weighted by molar-refractivity contribution is 7.98. The number of aryl methyl sites for hydroxylation is 1. The van der Waals surface area contributed by atoms with Gasteiger partial charge in [-0.25, -0.2) is 8.42 Å². The van der Waals surface area contributed by atoms with Crippen LogP contribution in [0.3, 0.4) is 0 Å². The van der Waals surface area contributed by atoms with Crippen LogP contribution >= 0.6 is 11.8 Å². The second-order valence-electron chi connectivity index (χ2n) is 7.03. The van der Waals surface area contributed by atoms with Gasteiger partial charge < -0.3 is 4.74 Å². The Balaban J connectivity index is 2.02. The average Bonchev–Trinajstić information content (AvgIpc) is 2.74. The maximum atomic E-state index is 12.8. The summed E-state index contributed by atoms with van der Waals surface area (Å²) in [4.78, 5) is 12.5. The van der Waals surface area contributed by atoms with Gasteiger partial charge in [-0.3, -0.25) is 4.79 Å². The number of sulfonamides is 1. The fraction of sp³-hybridized carbons (Fsp3) is 0.435. The molecule has 0 aliphatic rings. The van der Waals surface area contributed by atoms with Gasteiger partial charge in [0.25, 0.3) is 0 Å². The van der Waals surface area contributed by atoms with Gasteiger partial charge in [-0.1, -0.05) is 62.2 Å². The minimum absolute atomic E-state index is 0.157. The normalized spacial score (nSPS) is 12.5. The summed E-state index contributed by atoms with van der Waals surface area (Å²) in [5, 5.41) is 0. The Hall–Kier alpha value is -1.83. The number of ether oxygens (including phenoxy) is 1. The lowest BCUT2D eigenvalue weighted by Gasteiger charge is -2.17. The molecule has 0 saturated heterocycles. The molecule has 0 radical (unpaired) electrons. The predicted octanol–water partition coefficient (Wildman–Crippen LogP) is 4.56. The molecule has 0 amide bonds. The Morgan fingerprint density at radius 3 is 2.33 bits per heavy atom. The molecule has 0 spiro atoms. The molecule has 2 rings (SSSR count). The van der Waals surface area contributed by atoms with E-state index in [1.54, 1.807) is 19.1 Å². The molecule has 1 N–H and O–H groups in total. The van der Waals surface area contributed by atoms with Crippen molar-refractivity contribution in [1.82, 2.24) is 4.72 Å². The molecule has 0 bridgehead atoms. The molecule has 0 aliphatic heterocycles. The standard InChI is InChI=1S/C23H31NO4S2/c1-3-5-7-10-19-13-15-21(16-14-19)30(26,27)24-22(23(25)28-4-2)18-29-17-20-11-8-6-9-12-20/h6,8-9,11-16,22,24H,3-5,7,10,17-18H2,1-2H3. The van der Waals surface area contributed by atoms with E-state index < -0.39 is 22.0 Å². The van der Waals surface area contributed by atoms with Gasteiger partial charge in [0.1, 0.15) is 6.04 Å². The summed E-state index contributed by atoms with van der Waals surface area (Å²) < 4.78 is 33.3. The van der Waals surface area contributed by atoms with Crippen molar-refractivity contribution in [1.29, 1.82) is 0 Å². The molecule has 7 heteroatoms. The number of hydrogen-bond acceptors (Lipinski definition) is 5. The summed E-state index contributed by atoms with van der Waals surface area (Å²) in [6.45, 7) is 4.06. The van der Waals surface area contributed by atoms with E-state index >= 15 is 0 Å². The van der Waals surface area contributed by atoms with Crippen LogP contribution in [0.25, 0.3) is 0 Å². The Morgan fingerprint density at radius 2 is 1.70 bits per heavy atom. The number of unbranched alkanes of at least 4 members (excludes halogenated alkanes) is 2. The monoisotopic (exact) mass is 449 g/mol. The Bertz CT molecular complexity index is 868. The summed E-state index contributed by atoms with van der Waals surface area (Å²) in [6.07, 6.45) is 4.32. The minimum atomic E-state index is -3.82. The smallest absolute Gasteiger partial charge is 0.325 e. The van der Waals surface area contributed by atoms with Crippen molar-refractivity contribution >= 4 is 27.8 Å². The lowest BCUT2D eigenvalue weighted by Crippen LogP contribution is -2.43. The van der Waals surface area contributed by atoms with E-state index in [9.17, 15) is 13.2 Å². The van der Waals surface area contributed by atoms with Crippen molar-refractivity contribution in [2.45, 2.75) is 56.2 Å². The molecule has 30 heavy (non-hydrogen) atoms. The lowest BCUT2D eigenvalue weighted by atomic mass is 10.1. The Kier molecular flexibility index (Phi) is 10.4. The Morgan fingerprint density at radius 1 is 1.00 bits per heavy atom. The van der Waals surface area contributed by atoms with Crippen LogP contribution in [0, 0.1) is 0 Å². The lowest BCUT2D eigenvalue weighted by molar-refractivity contribution is -0.144. The highest BCUT2D eigenvalue weighted by Crippen LogP contribution is 2.17. The van der Waals surface area contributed by atoms with Gasteiger partial charge in [0.15, 0.2) is 0 Å². The van der Waals surface area contributed by atoms with Gasteiger partial charge in [-0.2, -0.15) is 16.5 Å². The summed E-state index contributed by atoms with van der Waals surface area (Å²) in [5.41, 5.74) is 2.23. The first-order valence-corrected chi connectivity index (χ1v) is 13.0. The molecule has 0 aliphatic carbocycles. The van der Waals surface area contributed by atoms with E-state index in [2.05, 4.69) is 11.6 Å². The van der Waals surface area contributed by atoms with Crippen LogP contribution < -0.4 is 4.72 Å². The molecule has 1 unspecified atom stereocenters. The van der Waals surface area contributed by atoms with Gasteiger partial charge in [-0.15, -0.1) is 0 Å². The van der Waals surface area contributed by atoms with Gasteiger partial charge in [0.2, 0.25) is 10.0 Å². The van der Waals surface area contributed by atoms with E-state index in [0.717, 1.165) is 36.8 Å². The first-order valence-electron chi connectivity index (χ1n) is 10.4. The first-order chi connectivity index (χ1) is 14.5. The van der Waals surface area contributed by atoms with Gasteiger partial charge in [-0.05, 0) is 43.0 Å². The maximum absolute atomic E-state index is 12.8. The van der Waals surface area contributed by atoms with Crippen molar-refractivity contribution < 1.29 is 17.9 Å². The van der Waals surface area contributed by atoms with Gasteiger partial charge >= 0.3 is 5.97 Å². The van der Waals surface area contributed by atoms with Crippen LogP contribution in [-0.2, 0) is 31.7 Å². The molecule has 2 aromatic rings. The van der Waals surface area contributed by atoms with E-state index in [4.69, 9.17) is 4.74 Å². The molecular weight excluding hydrogens is 418 g/mol. The Labute approximate surface area is 184 Å². The van der Waals surface area contributed by atoms with Crippen LogP contribution in [0.1, 0.15) is 44.2 Å². The molecular formula is C23H31NO4S2. The van der Waals surface area contributed by atoms with E-state index in [1.807, 2.05) is 42.5 Å². The predicted molar refractivity (Wildman–Crippen MR) is 123 cm³/mol. The number of esters is 1. The second-order valence-corrected chi connectivity index (χ2v) is 9.77. The third-order valence-electron chi connectivity index (χ3n) is 4.57. The summed E-state index contributed by atoms with van der Waals surface area (Å²) in [6, 6.07) is 15.8. The quantitative estimate of drug-likeness (QED) is 0.358. The molecule has 0 aromatic heterocycles. The minimum Gasteiger partial charge on any atom is -0.465 e. The number of carbonyl (C=O) groups excluding carboxylic acids is 1. The summed E-state index contributed by atoms with van der Waals surface area (Å²) in [7, 11) is -3.82. The summed E-state index contributed by atoms with van der Waals surface area (Å²) in [5.74, 6) is 0.422. The van der Waals surface area contributed by atoms with Crippen molar-refractivity contribution in [2.75, 3.05) is 12.4 Å². The van der Waals surface area contributed by atoms with Crippen LogP contribution in [0.15, 0.2) is 59.5 Å². The van der Waals surface area contributed by atoms with Crippen molar-refractivity contribution in [3.63, 3.8) is 0 Å². The highest BCUT2D eigenvalue weighted by atomic mass is 32.2. The number of thioether (sulfide) groups is 1. The zero-order chi connectivity index (χ0) is 21.8. The largest absolute Gasteiger partial charge is 0.465 e. The molecule has 164 valence electrons. The van der Waals surface area contributed by atoms with Crippen molar-refractivity contribution in [2.24, 2.45) is 0 Å². The number of benzene rings is 2. The second kappa shape index (κ2) is 12.8. The zero-order valence-corrected chi connectivity index (χ0v) is 19.3. The highest BCUT2D eigenvalue weighted by Gasteiger charge is 2.26. The molecule has 0 heterocycles. The number of hydrogen-bond donors (Lipinski definition) is 1. The SMILES string of the molecule is CCCCCc1ccc(S(=O)(=O)NC(CSCc2ccccc2)C(=O)OCC)cc1. The van der Waals surface area contributed by atoms with Gasteiger partial charge in [0, 0.05) is 11.5 Å². The molecule has 0 saturated carbocycles. The van der Waals surface area contributed by atoms with E-state index in [0.29, 0.717) is 11.5 Å². The molecule has 0 fully saturated rings. The zero-order valence-electron chi connectivity index (χ0n) is 17.7. The van der Waals surface area contributed by atoms with E-state index in [1.165, 1.54) is 11.8 Å². The third-order valence-corrected chi connectivity index (χ3v) is 7.16. The van der Waals surface area contributed by atoms with Crippen LogP contribution in [0.4, 0.5) is 0 Å². The third kappa shape index (κ3) is 8.13. The van der Waals surface area contributed by atoms with Crippen molar-refractivity contribution in [3.8, 4) is 0 Å². The van der Waals surface area contributed by atoms with Crippen LogP contribution in [0.2, 0.25) is 0 Å². The van der Waals surface area contributed by atoms with Crippen LogP contribution in [0.5, 0.6) is 0 Å². The average molecular weight is 450 g/mol. The molecule has 1 atom stereocenters. The topological polar surface area (TPSA) is 72.5 Å². The number of rotatable bonds is 13. The van der Waals surface area contributed by atoms with Crippen LogP contribution in [-0.4, -0.2) is 32.8 Å². The van der Waals surface area contributed by atoms with Gasteiger partial charge in [0.05, 0.1) is 11.5 Å². The molecule has 2 aromatic carbocycles. The fourth-order valence-corrected chi connectivity index (χ4v) is 5.22. The fourth-order valence-electron chi connectivity index (χ4n) is 2.93. The summed E-state index contributed by atoms with van der Waals surface area (Å²) >= 11 is 1.49. The van der Waals surface area contributed by atoms with Crippen molar-refractivity contribution in [3.05, 3.63) is 65.7 Å². The number of nitrogens with one attached hydrogen (secondary N) is 1. The van der Waals surface area contributed by atoms with E-state index in [-0.39, 0.29) is 11.5 Å².